The van der Waals surface area contributed by atoms with Gasteiger partial charge >= 0.3 is 0 Å². The van der Waals surface area contributed by atoms with Crippen LogP contribution in [-0.4, -0.2) is 49.0 Å². The van der Waals surface area contributed by atoms with E-state index in [4.69, 9.17) is 5.11 Å². The summed E-state index contributed by atoms with van der Waals surface area (Å²) in [6.07, 6.45) is 1.22. The molecular formula is C15H19NO3S2. The van der Waals surface area contributed by atoms with Gasteiger partial charge in [-0.05, 0) is 24.3 Å². The Kier molecular flexibility index (Phi) is 6.12. The molecule has 0 spiro atoms. The van der Waals surface area contributed by atoms with Crippen molar-refractivity contribution < 1.29 is 13.5 Å². The Balaban J connectivity index is 2.33. The van der Waals surface area contributed by atoms with Gasteiger partial charge in [0.25, 0.3) is 0 Å². The smallest absolute Gasteiger partial charge is 0.244 e. The number of sulfonamides is 1. The lowest BCUT2D eigenvalue weighted by Crippen LogP contribution is -2.33. The molecule has 1 N–H and O–H groups in total. The lowest BCUT2D eigenvalue weighted by molar-refractivity contribution is 0.305. The Morgan fingerprint density at radius 2 is 2.05 bits per heavy atom. The van der Waals surface area contributed by atoms with Crippen molar-refractivity contribution in [1.82, 2.24) is 4.31 Å². The lowest BCUT2D eigenvalue weighted by atomic mass is 10.2. The quantitative estimate of drug-likeness (QED) is 0.857. The lowest BCUT2D eigenvalue weighted by Gasteiger charge is -2.20. The number of hydrogen-bond donors (Lipinski definition) is 1. The maximum absolute atomic E-state index is 12.8. The predicted molar refractivity (Wildman–Crippen MR) is 85.7 cm³/mol. The van der Waals surface area contributed by atoms with E-state index in [1.165, 1.54) is 0 Å². The van der Waals surface area contributed by atoms with Crippen LogP contribution in [0.2, 0.25) is 0 Å². The van der Waals surface area contributed by atoms with Crippen molar-refractivity contribution in [2.24, 2.45) is 0 Å². The highest BCUT2D eigenvalue weighted by atomic mass is 32.2. The molecule has 1 aliphatic rings. The first-order chi connectivity index (χ1) is 10.2. The average Bonchev–Trinajstić information content (AvgIpc) is 2.77. The van der Waals surface area contributed by atoms with Gasteiger partial charge in [0.05, 0.1) is 11.5 Å². The van der Waals surface area contributed by atoms with E-state index < -0.39 is 10.0 Å². The van der Waals surface area contributed by atoms with Crippen molar-refractivity contribution in [3.63, 3.8) is 0 Å². The molecule has 0 unspecified atom stereocenters. The Bertz CT molecular complexity index is 624. The number of hydrogen-bond acceptors (Lipinski definition) is 4. The molecule has 0 atom stereocenters. The molecule has 2 rings (SSSR count). The first kappa shape index (κ1) is 16.4. The summed E-state index contributed by atoms with van der Waals surface area (Å²) in [6.45, 7) is 1.09. The Morgan fingerprint density at radius 3 is 2.86 bits per heavy atom. The zero-order valence-corrected chi connectivity index (χ0v) is 13.4. The van der Waals surface area contributed by atoms with Crippen LogP contribution in [0.25, 0.3) is 0 Å². The minimum absolute atomic E-state index is 0.0226. The largest absolute Gasteiger partial charge is 0.395 e. The molecule has 6 heteroatoms. The van der Waals surface area contributed by atoms with E-state index in [2.05, 4.69) is 11.8 Å². The molecule has 1 aromatic carbocycles. The summed E-state index contributed by atoms with van der Waals surface area (Å²) in [5, 5.41) is 8.78. The number of thioether (sulfide) groups is 1. The first-order valence-electron chi connectivity index (χ1n) is 6.93. The Morgan fingerprint density at radius 1 is 1.24 bits per heavy atom. The van der Waals surface area contributed by atoms with Crippen LogP contribution in [0.1, 0.15) is 18.4 Å². The summed E-state index contributed by atoms with van der Waals surface area (Å²) in [5.74, 6) is 7.48. The summed E-state index contributed by atoms with van der Waals surface area (Å²) < 4.78 is 27.1. The summed E-state index contributed by atoms with van der Waals surface area (Å²) >= 11 is 1.79. The van der Waals surface area contributed by atoms with E-state index in [1.807, 2.05) is 0 Å². The molecule has 114 valence electrons. The van der Waals surface area contributed by atoms with Crippen LogP contribution in [0.15, 0.2) is 29.2 Å². The van der Waals surface area contributed by atoms with Gasteiger partial charge in [-0.2, -0.15) is 16.1 Å². The second-order valence-corrected chi connectivity index (χ2v) is 7.77. The van der Waals surface area contributed by atoms with Gasteiger partial charge < -0.3 is 5.11 Å². The summed E-state index contributed by atoms with van der Waals surface area (Å²) in [7, 11) is -3.50. The van der Waals surface area contributed by atoms with Gasteiger partial charge in [0.2, 0.25) is 10.0 Å². The number of benzene rings is 1. The van der Waals surface area contributed by atoms with Crippen molar-refractivity contribution in [3.8, 4) is 11.8 Å². The van der Waals surface area contributed by atoms with Gasteiger partial charge in [0.15, 0.2) is 0 Å². The van der Waals surface area contributed by atoms with Crippen LogP contribution in [-0.2, 0) is 10.0 Å². The third kappa shape index (κ3) is 4.24. The molecule has 0 aliphatic carbocycles. The number of nitrogens with zero attached hydrogens (tertiary/aromatic N) is 1. The van der Waals surface area contributed by atoms with Crippen LogP contribution in [0.4, 0.5) is 0 Å². The first-order valence-corrected chi connectivity index (χ1v) is 9.52. The molecule has 0 amide bonds. The minimum Gasteiger partial charge on any atom is -0.395 e. The van der Waals surface area contributed by atoms with Crippen LogP contribution < -0.4 is 0 Å². The highest BCUT2D eigenvalue weighted by Crippen LogP contribution is 2.22. The van der Waals surface area contributed by atoms with Crippen molar-refractivity contribution in [2.75, 3.05) is 31.2 Å². The maximum atomic E-state index is 12.8. The molecule has 21 heavy (non-hydrogen) atoms. The number of rotatable bonds is 3. The van der Waals surface area contributed by atoms with E-state index in [0.717, 1.165) is 17.9 Å². The number of aliphatic hydroxyl groups is 1. The zero-order chi connectivity index (χ0) is 15.1. The normalized spacial score (nSPS) is 16.8. The fourth-order valence-electron chi connectivity index (χ4n) is 2.11. The molecule has 1 heterocycles. The summed E-state index contributed by atoms with van der Waals surface area (Å²) in [4.78, 5) is 0.266. The highest BCUT2D eigenvalue weighted by molar-refractivity contribution is 7.99. The molecule has 0 aromatic heterocycles. The average molecular weight is 325 g/mol. The van der Waals surface area contributed by atoms with Crippen LogP contribution in [0.3, 0.4) is 0 Å². The standard InChI is InChI=1S/C15H19NO3S2/c17-11-4-3-7-14-6-1-2-8-15(14)21(18,19)16-9-5-12-20-13-10-16/h1-2,6,8,17H,4-5,9-13H2. The van der Waals surface area contributed by atoms with Crippen molar-refractivity contribution >= 4 is 21.8 Å². The maximum Gasteiger partial charge on any atom is 0.244 e. The predicted octanol–water partition coefficient (Wildman–Crippen LogP) is 1.55. The van der Waals surface area contributed by atoms with Crippen molar-refractivity contribution in [2.45, 2.75) is 17.7 Å². The van der Waals surface area contributed by atoms with Gasteiger partial charge in [-0.15, -0.1) is 0 Å². The molecule has 1 saturated heterocycles. The van der Waals surface area contributed by atoms with E-state index in [9.17, 15) is 8.42 Å². The third-order valence-corrected chi connectivity index (χ3v) is 6.15. The molecule has 1 aliphatic heterocycles. The van der Waals surface area contributed by atoms with E-state index in [-0.39, 0.29) is 11.5 Å². The van der Waals surface area contributed by atoms with Gasteiger partial charge in [0, 0.05) is 30.8 Å². The van der Waals surface area contributed by atoms with Crippen LogP contribution in [0.5, 0.6) is 0 Å². The fourth-order valence-corrected chi connectivity index (χ4v) is 4.74. The molecule has 1 fully saturated rings. The minimum atomic E-state index is -3.50. The third-order valence-electron chi connectivity index (χ3n) is 3.15. The van der Waals surface area contributed by atoms with Crippen molar-refractivity contribution in [1.29, 1.82) is 0 Å². The molecule has 4 nitrogen and oxygen atoms in total. The Labute approximate surface area is 130 Å². The molecule has 0 bridgehead atoms. The zero-order valence-electron chi connectivity index (χ0n) is 11.8. The topological polar surface area (TPSA) is 57.6 Å². The number of aliphatic hydroxyl groups excluding tert-OH is 1. The SMILES string of the molecule is O=S(=O)(c1ccccc1C#CCCO)N1CCCSCC1. The summed E-state index contributed by atoms with van der Waals surface area (Å²) in [5.41, 5.74) is 0.503. The molecule has 1 aromatic rings. The van der Waals surface area contributed by atoms with Gasteiger partial charge in [-0.1, -0.05) is 24.0 Å². The fraction of sp³-hybridized carbons (Fsp3) is 0.467. The Hall–Kier alpha value is -1.00. The van der Waals surface area contributed by atoms with Crippen LogP contribution in [0, 0.1) is 11.8 Å². The van der Waals surface area contributed by atoms with Gasteiger partial charge in [-0.25, -0.2) is 8.42 Å². The van der Waals surface area contributed by atoms with Gasteiger partial charge in [0.1, 0.15) is 0 Å². The monoisotopic (exact) mass is 325 g/mol. The van der Waals surface area contributed by atoms with E-state index >= 15 is 0 Å². The summed E-state index contributed by atoms with van der Waals surface area (Å²) in [6, 6.07) is 6.82. The molecule has 0 radical (unpaired) electrons. The van der Waals surface area contributed by atoms with E-state index in [1.54, 1.807) is 40.3 Å². The molecule has 0 saturated carbocycles. The second-order valence-electron chi connectivity index (χ2n) is 4.64. The van der Waals surface area contributed by atoms with Crippen molar-refractivity contribution in [3.05, 3.63) is 29.8 Å². The molecular weight excluding hydrogens is 306 g/mol. The van der Waals surface area contributed by atoms with E-state index in [0.29, 0.717) is 25.1 Å². The second kappa shape index (κ2) is 7.85. The highest BCUT2D eigenvalue weighted by Gasteiger charge is 2.26. The van der Waals surface area contributed by atoms with Gasteiger partial charge in [-0.3, -0.25) is 0 Å². The van der Waals surface area contributed by atoms with Crippen LogP contribution >= 0.6 is 11.8 Å².